The fourth-order valence-electron chi connectivity index (χ4n) is 4.45. The molecule has 6 N–H and O–H groups in total. The van der Waals surface area contributed by atoms with Crippen LogP contribution >= 0.6 is 11.6 Å². The number of aromatic nitrogens is 1. The molecule has 38 heavy (non-hydrogen) atoms. The molecular formula is C28H28ClN5O4. The second-order valence-electron chi connectivity index (χ2n) is 8.93. The monoisotopic (exact) mass is 533 g/mol. The molecule has 0 atom stereocenters. The van der Waals surface area contributed by atoms with Gasteiger partial charge >= 0.3 is 6.03 Å². The Balaban J connectivity index is 1.43. The lowest BCUT2D eigenvalue weighted by Crippen LogP contribution is -2.47. The van der Waals surface area contributed by atoms with Gasteiger partial charge in [-0.25, -0.2) is 4.79 Å². The van der Waals surface area contributed by atoms with Crippen molar-refractivity contribution < 1.29 is 19.4 Å². The maximum Gasteiger partial charge on any atom is 0.317 e. The number of hydrogen-bond donors (Lipinski definition) is 5. The number of rotatable bonds is 7. The van der Waals surface area contributed by atoms with E-state index in [0.29, 0.717) is 66.0 Å². The van der Waals surface area contributed by atoms with Crippen LogP contribution in [0.15, 0.2) is 60.7 Å². The first-order chi connectivity index (χ1) is 18.4. The molecule has 0 bridgehead atoms. The predicted octanol–water partition coefficient (Wildman–Crippen LogP) is 4.57. The average Bonchev–Trinajstić information content (AvgIpc) is 3.34. The minimum absolute atomic E-state index is 0.0913. The number of carbonyl (C=O) groups excluding carboxylic acids is 1. The van der Waals surface area contributed by atoms with Crippen LogP contribution in [0.3, 0.4) is 0 Å². The number of ether oxygens (including phenoxy) is 2. The van der Waals surface area contributed by atoms with Crippen LogP contribution in [-0.2, 0) is 4.74 Å². The number of carbonyl (C=O) groups is 1. The Bertz CT molecular complexity index is 1480. The third-order valence-corrected chi connectivity index (χ3v) is 6.71. The van der Waals surface area contributed by atoms with Gasteiger partial charge in [-0.2, -0.15) is 0 Å². The topological polar surface area (TPSA) is 137 Å². The lowest BCUT2D eigenvalue weighted by molar-refractivity contribution is 0.0530. The Labute approximate surface area is 224 Å². The first-order valence-corrected chi connectivity index (χ1v) is 12.6. The molecule has 0 spiro atoms. The summed E-state index contributed by atoms with van der Waals surface area (Å²) in [7, 11) is 0. The molecule has 3 aromatic carbocycles. The molecule has 0 radical (unpaired) electrons. The molecule has 2 amide bonds. The van der Waals surface area contributed by atoms with Crippen LogP contribution in [-0.4, -0.2) is 66.3 Å². The summed E-state index contributed by atoms with van der Waals surface area (Å²) in [6.07, 6.45) is 0. The Kier molecular flexibility index (Phi) is 7.39. The van der Waals surface area contributed by atoms with E-state index in [9.17, 15) is 9.90 Å². The zero-order chi connectivity index (χ0) is 26.6. The summed E-state index contributed by atoms with van der Waals surface area (Å²) in [6, 6.07) is 18.3. The number of hydrogen-bond acceptors (Lipinski definition) is 5. The molecule has 1 aliphatic rings. The quantitative estimate of drug-likeness (QED) is 0.135. The Morgan fingerprint density at radius 3 is 2.61 bits per heavy atom. The van der Waals surface area contributed by atoms with E-state index in [0.717, 1.165) is 16.5 Å². The fraction of sp³-hybridized carbons (Fsp3) is 0.214. The molecule has 0 unspecified atom stereocenters. The molecular weight excluding hydrogens is 506 g/mol. The van der Waals surface area contributed by atoms with Gasteiger partial charge in [0, 0.05) is 40.7 Å². The number of amides is 2. The third kappa shape index (κ3) is 5.39. The number of aromatic hydroxyl groups is 1. The van der Waals surface area contributed by atoms with Crippen molar-refractivity contribution in [2.24, 2.45) is 5.73 Å². The number of nitrogens with two attached hydrogens (primary N) is 1. The van der Waals surface area contributed by atoms with Crippen molar-refractivity contribution in [2.45, 2.75) is 0 Å². The predicted molar refractivity (Wildman–Crippen MR) is 148 cm³/mol. The summed E-state index contributed by atoms with van der Waals surface area (Å²) in [5.74, 6) is 0.511. The van der Waals surface area contributed by atoms with Gasteiger partial charge in [0.25, 0.3) is 0 Å². The van der Waals surface area contributed by atoms with Gasteiger partial charge < -0.3 is 35.5 Å². The van der Waals surface area contributed by atoms with Gasteiger partial charge in [-0.3, -0.25) is 5.41 Å². The molecule has 10 heteroatoms. The molecule has 196 valence electrons. The highest BCUT2D eigenvalue weighted by Gasteiger charge is 2.18. The normalized spacial score (nSPS) is 13.4. The largest absolute Gasteiger partial charge is 0.507 e. The van der Waals surface area contributed by atoms with Gasteiger partial charge in [0.15, 0.2) is 0 Å². The second-order valence-corrected chi connectivity index (χ2v) is 9.34. The highest BCUT2D eigenvalue weighted by Crippen LogP contribution is 2.42. The van der Waals surface area contributed by atoms with Crippen LogP contribution in [0.2, 0.25) is 5.02 Å². The number of benzene rings is 3. The molecule has 2 heterocycles. The van der Waals surface area contributed by atoms with Crippen molar-refractivity contribution in [3.05, 3.63) is 71.2 Å². The van der Waals surface area contributed by atoms with Crippen LogP contribution in [0.1, 0.15) is 5.56 Å². The fourth-order valence-corrected chi connectivity index (χ4v) is 4.71. The van der Waals surface area contributed by atoms with E-state index in [-0.39, 0.29) is 24.2 Å². The summed E-state index contributed by atoms with van der Waals surface area (Å²) in [5.41, 5.74) is 9.48. The molecule has 1 fully saturated rings. The van der Waals surface area contributed by atoms with Crippen LogP contribution in [0.25, 0.3) is 33.3 Å². The molecule has 9 nitrogen and oxygen atoms in total. The Hall–Kier alpha value is -4.21. The highest BCUT2D eigenvalue weighted by molar-refractivity contribution is 6.34. The molecule has 1 aromatic heterocycles. The average molecular weight is 534 g/mol. The van der Waals surface area contributed by atoms with Crippen LogP contribution in [0.5, 0.6) is 11.5 Å². The van der Waals surface area contributed by atoms with Crippen molar-refractivity contribution in [3.63, 3.8) is 0 Å². The van der Waals surface area contributed by atoms with Crippen LogP contribution in [0.4, 0.5) is 4.79 Å². The zero-order valence-corrected chi connectivity index (χ0v) is 21.3. The van der Waals surface area contributed by atoms with Gasteiger partial charge in [-0.05, 0) is 35.9 Å². The summed E-state index contributed by atoms with van der Waals surface area (Å²) in [5, 5.41) is 23.1. The number of halogens is 1. The van der Waals surface area contributed by atoms with Gasteiger partial charge in [-0.15, -0.1) is 0 Å². The van der Waals surface area contributed by atoms with Crippen molar-refractivity contribution in [1.82, 2.24) is 15.2 Å². The number of amidine groups is 1. The summed E-state index contributed by atoms with van der Waals surface area (Å²) >= 11 is 6.31. The standard InChI is InChI=1S/C28H28ClN5O4/c29-23-16-24-18(12-21(23)27(30)31)13-25(33-24)22-15-19(14-20(26(22)35)17-4-2-1-3-5-17)38-9-6-32-28(36)34-7-10-37-11-8-34/h1-5,12-16,33,35H,6-11H2,(H3,30,31)(H,32,36). The Morgan fingerprint density at radius 2 is 1.87 bits per heavy atom. The number of aromatic amines is 1. The zero-order valence-electron chi connectivity index (χ0n) is 20.6. The number of urea groups is 1. The van der Waals surface area contributed by atoms with Gasteiger partial charge in [-0.1, -0.05) is 41.9 Å². The van der Waals surface area contributed by atoms with Crippen LogP contribution < -0.4 is 15.8 Å². The number of phenols is 1. The number of fused-ring (bicyclic) bond motifs is 1. The molecule has 4 aromatic rings. The van der Waals surface area contributed by atoms with Gasteiger partial charge in [0.1, 0.15) is 23.9 Å². The van der Waals surface area contributed by atoms with E-state index in [1.165, 1.54) is 0 Å². The molecule has 0 aliphatic carbocycles. The lowest BCUT2D eigenvalue weighted by atomic mass is 9.99. The number of morpholine rings is 1. The molecule has 5 rings (SSSR count). The van der Waals surface area contributed by atoms with E-state index in [1.807, 2.05) is 36.4 Å². The van der Waals surface area contributed by atoms with E-state index >= 15 is 0 Å². The Morgan fingerprint density at radius 1 is 1.13 bits per heavy atom. The first-order valence-electron chi connectivity index (χ1n) is 12.2. The summed E-state index contributed by atoms with van der Waals surface area (Å²) in [4.78, 5) is 17.4. The molecule has 1 aliphatic heterocycles. The summed E-state index contributed by atoms with van der Waals surface area (Å²) < 4.78 is 11.3. The minimum Gasteiger partial charge on any atom is -0.507 e. The second kappa shape index (κ2) is 11.0. The minimum atomic E-state index is -0.144. The van der Waals surface area contributed by atoms with E-state index in [4.69, 9.17) is 32.2 Å². The van der Waals surface area contributed by atoms with E-state index in [2.05, 4.69) is 10.3 Å². The van der Waals surface area contributed by atoms with Crippen molar-refractivity contribution in [3.8, 4) is 33.9 Å². The first kappa shape index (κ1) is 25.4. The number of nitrogens with zero attached hydrogens (tertiary/aromatic N) is 1. The van der Waals surface area contributed by atoms with Crippen molar-refractivity contribution in [1.29, 1.82) is 5.41 Å². The SMILES string of the molecule is N=C(N)c1cc2cc(-c3cc(OCCNC(=O)N4CCOCC4)cc(-c4ccccc4)c3O)[nH]c2cc1Cl. The van der Waals surface area contributed by atoms with Crippen molar-refractivity contribution >= 4 is 34.4 Å². The smallest absolute Gasteiger partial charge is 0.317 e. The van der Waals surface area contributed by atoms with Gasteiger partial charge in [0.05, 0.1) is 30.5 Å². The lowest BCUT2D eigenvalue weighted by Gasteiger charge is -2.26. The van der Waals surface area contributed by atoms with Crippen LogP contribution in [0, 0.1) is 5.41 Å². The van der Waals surface area contributed by atoms with E-state index < -0.39 is 0 Å². The summed E-state index contributed by atoms with van der Waals surface area (Å²) in [6.45, 7) is 2.79. The molecule has 1 saturated heterocycles. The third-order valence-electron chi connectivity index (χ3n) is 6.40. The highest BCUT2D eigenvalue weighted by atomic mass is 35.5. The number of phenolic OH excluding ortho intramolecular Hbond substituents is 1. The van der Waals surface area contributed by atoms with E-state index in [1.54, 1.807) is 29.2 Å². The number of nitrogens with one attached hydrogen (secondary N) is 3. The maximum absolute atomic E-state index is 12.3. The number of nitrogen functional groups attached to an aromatic ring is 1. The molecule has 0 saturated carbocycles. The van der Waals surface area contributed by atoms with Crippen molar-refractivity contribution in [2.75, 3.05) is 39.5 Å². The maximum atomic E-state index is 12.3. The number of H-pyrrole nitrogens is 1. The van der Waals surface area contributed by atoms with Gasteiger partial charge in [0.2, 0.25) is 0 Å².